The van der Waals surface area contributed by atoms with Crippen LogP contribution >= 0.6 is 0 Å². The molecule has 0 aromatic heterocycles. The number of fused-ring (bicyclic) bond motifs is 2. The zero-order valence-electron chi connectivity index (χ0n) is 8.78. The molecule has 0 aliphatic heterocycles. The number of rotatable bonds is 0. The van der Waals surface area contributed by atoms with E-state index >= 15 is 0 Å². The van der Waals surface area contributed by atoms with Gasteiger partial charge >= 0.3 is 0 Å². The Morgan fingerprint density at radius 1 is 1.17 bits per heavy atom. The number of allylic oxidation sites excluding steroid dienone is 1. The van der Waals surface area contributed by atoms with E-state index in [0.717, 1.165) is 11.8 Å². The van der Waals surface area contributed by atoms with Gasteiger partial charge in [0.25, 0.3) is 0 Å². The van der Waals surface area contributed by atoms with Crippen LogP contribution in [-0.2, 0) is 0 Å². The summed E-state index contributed by atoms with van der Waals surface area (Å²) in [7, 11) is 0. The SMILES string of the molecule is C=C1[C@@H]2CC[C@H](C1(C)C)C2(C)C. The third-order valence-corrected chi connectivity index (χ3v) is 4.66. The fraction of sp³-hybridized carbons (Fsp3) is 0.833. The predicted molar refractivity (Wildman–Crippen MR) is 52.9 cm³/mol. The van der Waals surface area contributed by atoms with Crippen LogP contribution in [0.1, 0.15) is 40.5 Å². The molecule has 0 heterocycles. The summed E-state index contributed by atoms with van der Waals surface area (Å²) in [5, 5.41) is 0. The van der Waals surface area contributed by atoms with Crippen molar-refractivity contribution >= 4 is 0 Å². The molecule has 2 aliphatic carbocycles. The molecule has 0 saturated heterocycles. The van der Waals surface area contributed by atoms with Crippen LogP contribution in [0.2, 0.25) is 0 Å². The summed E-state index contributed by atoms with van der Waals surface area (Å²) in [6.45, 7) is 13.9. The molecule has 0 nitrogen and oxygen atoms in total. The normalized spacial score (nSPS) is 42.2. The summed E-state index contributed by atoms with van der Waals surface area (Å²) in [6, 6.07) is 0. The third kappa shape index (κ3) is 0.694. The quantitative estimate of drug-likeness (QED) is 0.479. The summed E-state index contributed by atoms with van der Waals surface area (Å²) >= 11 is 0. The summed E-state index contributed by atoms with van der Waals surface area (Å²) in [6.07, 6.45) is 2.81. The van der Waals surface area contributed by atoms with Gasteiger partial charge in [-0.2, -0.15) is 0 Å². The van der Waals surface area contributed by atoms with E-state index in [2.05, 4.69) is 34.3 Å². The second kappa shape index (κ2) is 1.97. The lowest BCUT2D eigenvalue weighted by Crippen LogP contribution is -2.25. The average Bonchev–Trinajstić information content (AvgIpc) is 2.27. The second-order valence-corrected chi connectivity index (χ2v) is 5.75. The van der Waals surface area contributed by atoms with E-state index < -0.39 is 0 Å². The van der Waals surface area contributed by atoms with Gasteiger partial charge in [0.1, 0.15) is 0 Å². The lowest BCUT2D eigenvalue weighted by Gasteiger charge is -2.33. The van der Waals surface area contributed by atoms with Gasteiger partial charge in [0, 0.05) is 0 Å². The van der Waals surface area contributed by atoms with Gasteiger partial charge in [-0.1, -0.05) is 39.8 Å². The van der Waals surface area contributed by atoms with Crippen molar-refractivity contribution in [3.05, 3.63) is 12.2 Å². The Labute approximate surface area is 76.1 Å². The Morgan fingerprint density at radius 2 is 1.75 bits per heavy atom. The third-order valence-electron chi connectivity index (χ3n) is 4.66. The van der Waals surface area contributed by atoms with Crippen molar-refractivity contribution in [3.8, 4) is 0 Å². The van der Waals surface area contributed by atoms with Crippen LogP contribution in [-0.4, -0.2) is 0 Å². The van der Waals surface area contributed by atoms with E-state index in [1.165, 1.54) is 18.4 Å². The van der Waals surface area contributed by atoms with Crippen molar-refractivity contribution in [1.82, 2.24) is 0 Å². The summed E-state index contributed by atoms with van der Waals surface area (Å²) < 4.78 is 0. The summed E-state index contributed by atoms with van der Waals surface area (Å²) in [5.41, 5.74) is 2.45. The molecule has 0 radical (unpaired) electrons. The molecular weight excluding hydrogens is 144 g/mol. The minimum Gasteiger partial charge on any atom is -0.0990 e. The van der Waals surface area contributed by atoms with Crippen LogP contribution < -0.4 is 0 Å². The van der Waals surface area contributed by atoms with Gasteiger partial charge < -0.3 is 0 Å². The molecule has 0 N–H and O–H groups in total. The van der Waals surface area contributed by atoms with Gasteiger partial charge in [-0.25, -0.2) is 0 Å². The Hall–Kier alpha value is -0.260. The minimum atomic E-state index is 0.409. The number of hydrogen-bond donors (Lipinski definition) is 0. The topological polar surface area (TPSA) is 0 Å². The van der Waals surface area contributed by atoms with Crippen LogP contribution in [0, 0.1) is 22.7 Å². The molecule has 0 amide bonds. The van der Waals surface area contributed by atoms with Gasteiger partial charge in [-0.15, -0.1) is 0 Å². The highest BCUT2D eigenvalue weighted by molar-refractivity contribution is 5.28. The van der Waals surface area contributed by atoms with Gasteiger partial charge in [0.05, 0.1) is 0 Å². The van der Waals surface area contributed by atoms with E-state index in [9.17, 15) is 0 Å². The second-order valence-electron chi connectivity index (χ2n) is 5.75. The van der Waals surface area contributed by atoms with Gasteiger partial charge in [0.2, 0.25) is 0 Å². The zero-order chi connectivity index (χ0) is 9.15. The first-order valence-corrected chi connectivity index (χ1v) is 5.07. The first-order chi connectivity index (χ1) is 5.38. The number of hydrogen-bond acceptors (Lipinski definition) is 0. The van der Waals surface area contributed by atoms with E-state index in [0.29, 0.717) is 10.8 Å². The minimum absolute atomic E-state index is 0.409. The maximum absolute atomic E-state index is 4.29. The average molecular weight is 164 g/mol. The van der Waals surface area contributed by atoms with E-state index in [4.69, 9.17) is 0 Å². The summed E-state index contributed by atoms with van der Waals surface area (Å²) in [5.74, 6) is 1.68. The van der Waals surface area contributed by atoms with Crippen LogP contribution in [0.4, 0.5) is 0 Å². The molecule has 2 atom stereocenters. The highest BCUT2D eigenvalue weighted by atomic mass is 14.6. The fourth-order valence-corrected chi connectivity index (χ4v) is 3.91. The molecule has 0 aromatic carbocycles. The van der Waals surface area contributed by atoms with Crippen molar-refractivity contribution in [2.45, 2.75) is 40.5 Å². The van der Waals surface area contributed by atoms with Crippen molar-refractivity contribution in [1.29, 1.82) is 0 Å². The molecule has 2 saturated carbocycles. The molecule has 12 heavy (non-hydrogen) atoms. The Balaban J connectivity index is 2.47. The largest absolute Gasteiger partial charge is 0.0990 e. The van der Waals surface area contributed by atoms with Crippen molar-refractivity contribution < 1.29 is 0 Å². The molecule has 2 bridgehead atoms. The highest BCUT2D eigenvalue weighted by Crippen LogP contribution is 2.67. The highest BCUT2D eigenvalue weighted by Gasteiger charge is 2.59. The predicted octanol–water partition coefficient (Wildman–Crippen LogP) is 3.63. The smallest absolute Gasteiger partial charge is 0.0111 e. The molecule has 2 rings (SSSR count). The molecule has 0 unspecified atom stereocenters. The van der Waals surface area contributed by atoms with Crippen LogP contribution in [0.25, 0.3) is 0 Å². The summed E-state index contributed by atoms with van der Waals surface area (Å²) in [4.78, 5) is 0. The Morgan fingerprint density at radius 3 is 2.00 bits per heavy atom. The molecule has 2 fully saturated rings. The molecular formula is C12H20. The molecule has 68 valence electrons. The van der Waals surface area contributed by atoms with Crippen LogP contribution in [0.3, 0.4) is 0 Å². The van der Waals surface area contributed by atoms with Gasteiger partial charge in [0.15, 0.2) is 0 Å². The molecule has 0 aromatic rings. The van der Waals surface area contributed by atoms with Crippen molar-refractivity contribution in [3.63, 3.8) is 0 Å². The molecule has 0 heteroatoms. The molecule has 2 aliphatic rings. The van der Waals surface area contributed by atoms with E-state index in [-0.39, 0.29) is 0 Å². The van der Waals surface area contributed by atoms with Crippen molar-refractivity contribution in [2.75, 3.05) is 0 Å². The first-order valence-electron chi connectivity index (χ1n) is 5.07. The standard InChI is InChI=1S/C12H20/c1-8-9-6-7-10(11(8,2)3)12(9,4)5/h9-10H,1,6-7H2,2-5H3/t9-,10+/m0/s1. The lowest BCUT2D eigenvalue weighted by atomic mass is 9.71. The molecule has 0 spiro atoms. The maximum atomic E-state index is 4.29. The lowest BCUT2D eigenvalue weighted by molar-refractivity contribution is 0.185. The van der Waals surface area contributed by atoms with E-state index in [1.807, 2.05) is 0 Å². The fourth-order valence-electron chi connectivity index (χ4n) is 3.91. The van der Waals surface area contributed by atoms with E-state index in [1.54, 1.807) is 0 Å². The Kier molecular flexibility index (Phi) is 1.37. The van der Waals surface area contributed by atoms with Crippen LogP contribution in [0.5, 0.6) is 0 Å². The maximum Gasteiger partial charge on any atom is -0.0111 e. The van der Waals surface area contributed by atoms with Gasteiger partial charge in [-0.05, 0) is 35.5 Å². The first kappa shape index (κ1) is 8.34. The van der Waals surface area contributed by atoms with Crippen LogP contribution in [0.15, 0.2) is 12.2 Å². The van der Waals surface area contributed by atoms with Gasteiger partial charge in [-0.3, -0.25) is 0 Å². The monoisotopic (exact) mass is 164 g/mol. The Bertz CT molecular complexity index is 232. The zero-order valence-corrected chi connectivity index (χ0v) is 8.78. The van der Waals surface area contributed by atoms with Crippen molar-refractivity contribution in [2.24, 2.45) is 22.7 Å².